The first-order valence-corrected chi connectivity index (χ1v) is 11.1. The van der Waals surface area contributed by atoms with Gasteiger partial charge in [-0.2, -0.15) is 0 Å². The van der Waals surface area contributed by atoms with Gasteiger partial charge in [0, 0.05) is 31.4 Å². The summed E-state index contributed by atoms with van der Waals surface area (Å²) >= 11 is 1.72. The number of fused-ring (bicyclic) bond motifs is 1. The first-order chi connectivity index (χ1) is 14.5. The molecule has 0 bridgehead atoms. The normalized spacial score (nSPS) is 25.7. The largest absolute Gasteiger partial charge is 0.493 e. The zero-order chi connectivity index (χ0) is 21.5. The predicted molar refractivity (Wildman–Crippen MR) is 115 cm³/mol. The Labute approximate surface area is 181 Å². The second-order valence-electron chi connectivity index (χ2n) is 7.84. The van der Waals surface area contributed by atoms with Crippen LogP contribution in [0.4, 0.5) is 0 Å². The molecule has 0 radical (unpaired) electrons. The highest BCUT2D eigenvalue weighted by Gasteiger charge is 2.42. The first kappa shape index (κ1) is 22.5. The van der Waals surface area contributed by atoms with Crippen molar-refractivity contribution in [1.29, 1.82) is 0 Å². The van der Waals surface area contributed by atoms with Crippen molar-refractivity contribution in [2.75, 3.05) is 26.7 Å². The van der Waals surface area contributed by atoms with Crippen molar-refractivity contribution in [1.82, 2.24) is 9.88 Å². The molecule has 7 nitrogen and oxygen atoms in total. The molecule has 1 saturated carbocycles. The second-order valence-corrected chi connectivity index (χ2v) is 8.90. The van der Waals surface area contributed by atoms with Crippen LogP contribution in [-0.4, -0.2) is 65.5 Å². The Morgan fingerprint density at radius 3 is 2.53 bits per heavy atom. The van der Waals surface area contributed by atoms with Gasteiger partial charge >= 0.3 is 0 Å². The van der Waals surface area contributed by atoms with Crippen molar-refractivity contribution in [2.45, 2.75) is 38.4 Å². The van der Waals surface area contributed by atoms with E-state index in [0.717, 1.165) is 55.4 Å². The van der Waals surface area contributed by atoms with Crippen LogP contribution in [0.3, 0.4) is 0 Å². The van der Waals surface area contributed by atoms with Gasteiger partial charge in [-0.15, -0.1) is 11.3 Å². The second kappa shape index (κ2) is 10.7. The van der Waals surface area contributed by atoms with Crippen LogP contribution in [-0.2, 0) is 11.2 Å². The number of hydrogen-bond donors (Lipinski definition) is 2. The first-order valence-electron chi connectivity index (χ1n) is 10.2. The highest BCUT2D eigenvalue weighted by atomic mass is 32.1. The molecular weight excluding hydrogens is 404 g/mol. The summed E-state index contributed by atoms with van der Waals surface area (Å²) in [6, 6.07) is 7.67. The fraction of sp³-hybridized carbons (Fsp3) is 0.545. The molecule has 2 heterocycles. The van der Waals surface area contributed by atoms with Gasteiger partial charge < -0.3 is 24.6 Å². The zero-order valence-corrected chi connectivity index (χ0v) is 18.3. The number of aryl methyl sites for hydroxylation is 1. The van der Waals surface area contributed by atoms with Crippen LogP contribution in [0.15, 0.2) is 29.6 Å². The lowest BCUT2D eigenvalue weighted by Gasteiger charge is -2.35. The molecule has 2 aromatic rings. The lowest BCUT2D eigenvalue weighted by molar-refractivity contribution is -0.122. The van der Waals surface area contributed by atoms with Crippen LogP contribution in [0.2, 0.25) is 0 Å². The minimum absolute atomic E-state index is 0.163. The molecule has 164 valence electrons. The minimum atomic E-state index is -0.419. The average molecular weight is 435 g/mol. The number of methoxy groups -OCH3 is 1. The van der Waals surface area contributed by atoms with Gasteiger partial charge in [0.05, 0.1) is 23.9 Å². The van der Waals surface area contributed by atoms with Crippen LogP contribution in [0.5, 0.6) is 11.5 Å². The zero-order valence-electron chi connectivity index (χ0n) is 17.4. The number of para-hydroxylation sites is 2. The quantitative estimate of drug-likeness (QED) is 0.676. The molecule has 2 aliphatic rings. The van der Waals surface area contributed by atoms with E-state index in [0.29, 0.717) is 11.8 Å². The summed E-state index contributed by atoms with van der Waals surface area (Å²) in [6.07, 6.45) is 2.14. The van der Waals surface area contributed by atoms with Gasteiger partial charge in [-0.05, 0) is 43.7 Å². The highest BCUT2D eigenvalue weighted by molar-refractivity contribution is 7.09. The summed E-state index contributed by atoms with van der Waals surface area (Å²) in [5.74, 6) is 2.59. The van der Waals surface area contributed by atoms with Gasteiger partial charge in [0.1, 0.15) is 6.10 Å². The number of carboxylic acid groups (broad SMARTS) is 1. The number of thiazole rings is 1. The Morgan fingerprint density at radius 2 is 1.90 bits per heavy atom. The third kappa shape index (κ3) is 5.71. The number of ether oxygens (including phenoxy) is 2. The summed E-state index contributed by atoms with van der Waals surface area (Å²) in [4.78, 5) is 15.5. The van der Waals surface area contributed by atoms with E-state index in [4.69, 9.17) is 19.4 Å². The smallest absolute Gasteiger partial charge is 0.290 e. The van der Waals surface area contributed by atoms with Crippen LogP contribution in [0, 0.1) is 18.8 Å². The van der Waals surface area contributed by atoms with E-state index >= 15 is 0 Å². The molecule has 1 aromatic heterocycles. The molecule has 1 aliphatic carbocycles. The van der Waals surface area contributed by atoms with E-state index in [1.54, 1.807) is 18.4 Å². The molecule has 8 heteroatoms. The van der Waals surface area contributed by atoms with Crippen molar-refractivity contribution in [3.63, 3.8) is 0 Å². The molecule has 2 N–H and O–H groups in total. The Hall–Kier alpha value is -2.16. The highest BCUT2D eigenvalue weighted by Crippen LogP contribution is 2.39. The Morgan fingerprint density at radius 1 is 1.23 bits per heavy atom. The third-order valence-electron chi connectivity index (χ3n) is 5.86. The van der Waals surface area contributed by atoms with Gasteiger partial charge in [-0.25, -0.2) is 4.98 Å². The van der Waals surface area contributed by atoms with E-state index in [1.165, 1.54) is 5.69 Å². The average Bonchev–Trinajstić information content (AvgIpc) is 3.33. The number of aromatic nitrogens is 1. The summed E-state index contributed by atoms with van der Waals surface area (Å²) in [5.41, 5.74) is 1.20. The van der Waals surface area contributed by atoms with Crippen LogP contribution < -0.4 is 9.47 Å². The van der Waals surface area contributed by atoms with Gasteiger partial charge in [-0.1, -0.05) is 12.1 Å². The number of nitrogens with zero attached hydrogens (tertiary/aromatic N) is 2. The number of hydrogen-bond acceptors (Lipinski definition) is 7. The van der Waals surface area contributed by atoms with Crippen LogP contribution >= 0.6 is 11.3 Å². The maximum Gasteiger partial charge on any atom is 0.290 e. The lowest BCUT2D eigenvalue weighted by atomic mass is 9.78. The number of rotatable bonds is 6. The monoisotopic (exact) mass is 434 g/mol. The van der Waals surface area contributed by atoms with E-state index in [9.17, 15) is 5.11 Å². The Balaban J connectivity index is 0.000000806. The topological polar surface area (TPSA) is 92.1 Å². The van der Waals surface area contributed by atoms with Crippen molar-refractivity contribution in [2.24, 2.45) is 11.8 Å². The molecule has 0 spiro atoms. The summed E-state index contributed by atoms with van der Waals surface area (Å²) < 4.78 is 11.5. The Bertz CT molecular complexity index is 814. The van der Waals surface area contributed by atoms with Crippen molar-refractivity contribution in [3.8, 4) is 11.5 Å². The SMILES string of the molecule is COc1ccccc1O[C@@H]1C[C@@H]2CN(CCc3csc(C)n3)C[C@@H]2C[C@H]1O.O=CO. The maximum absolute atomic E-state index is 10.6. The standard InChI is InChI=1S/C21H28N2O3S.CH2O2/c1-14-22-17(13-27-14)7-8-23-11-15-9-18(24)21(10-16(15)12-23)26-20-6-4-3-5-19(20)25-2;2-1-3/h3-6,13,15-16,18,21,24H,7-12H2,1-2H3;1H,(H,2,3)/t15-,16+,18+,21+;/m0./s1. The van der Waals surface area contributed by atoms with E-state index in [2.05, 4.69) is 22.2 Å². The number of aliphatic hydroxyl groups is 1. The minimum Gasteiger partial charge on any atom is -0.493 e. The molecule has 4 rings (SSSR count). The third-order valence-corrected chi connectivity index (χ3v) is 6.68. The summed E-state index contributed by atoms with van der Waals surface area (Å²) in [5, 5.41) is 20.8. The fourth-order valence-corrected chi connectivity index (χ4v) is 5.12. The molecule has 4 atom stereocenters. The number of benzene rings is 1. The number of aliphatic hydroxyl groups excluding tert-OH is 1. The molecular formula is C22H30N2O5S. The fourth-order valence-electron chi connectivity index (χ4n) is 4.47. The molecule has 30 heavy (non-hydrogen) atoms. The Kier molecular flexibility index (Phi) is 8.07. The summed E-state index contributed by atoms with van der Waals surface area (Å²) in [7, 11) is 1.65. The molecule has 0 unspecified atom stereocenters. The van der Waals surface area contributed by atoms with E-state index < -0.39 is 6.10 Å². The van der Waals surface area contributed by atoms with Crippen molar-refractivity contribution < 1.29 is 24.5 Å². The van der Waals surface area contributed by atoms with Crippen molar-refractivity contribution in [3.05, 3.63) is 40.3 Å². The molecule has 2 fully saturated rings. The van der Waals surface area contributed by atoms with Crippen molar-refractivity contribution >= 4 is 17.8 Å². The van der Waals surface area contributed by atoms with Gasteiger partial charge in [0.15, 0.2) is 11.5 Å². The molecule has 1 saturated heterocycles. The van der Waals surface area contributed by atoms with Gasteiger partial charge in [0.25, 0.3) is 6.47 Å². The molecule has 1 aromatic carbocycles. The number of carbonyl (C=O) groups is 1. The van der Waals surface area contributed by atoms with E-state index in [-0.39, 0.29) is 12.6 Å². The lowest BCUT2D eigenvalue weighted by Crippen LogP contribution is -2.42. The van der Waals surface area contributed by atoms with Crippen LogP contribution in [0.1, 0.15) is 23.5 Å². The summed E-state index contributed by atoms with van der Waals surface area (Å²) in [6.45, 7) is 5.02. The van der Waals surface area contributed by atoms with Gasteiger partial charge in [-0.3, -0.25) is 4.79 Å². The maximum atomic E-state index is 10.6. The van der Waals surface area contributed by atoms with Crippen LogP contribution in [0.25, 0.3) is 0 Å². The predicted octanol–water partition coefficient (Wildman–Crippen LogP) is 2.85. The van der Waals surface area contributed by atoms with E-state index in [1.807, 2.05) is 24.3 Å². The van der Waals surface area contributed by atoms with Gasteiger partial charge in [0.2, 0.25) is 0 Å². The molecule has 0 amide bonds. The number of likely N-dealkylation sites (tertiary alicyclic amines) is 1. The molecule has 1 aliphatic heterocycles.